The van der Waals surface area contributed by atoms with Gasteiger partial charge in [0, 0.05) is 55.3 Å². The average Bonchev–Trinajstić information content (AvgIpc) is 3.17. The lowest BCUT2D eigenvalue weighted by atomic mass is 9.95. The average molecular weight is 394 g/mol. The number of piperazine rings is 1. The molecule has 148 valence electrons. The Bertz CT molecular complexity index is 1200. The van der Waals surface area contributed by atoms with Gasteiger partial charge in [0.25, 0.3) is 0 Å². The minimum Gasteiger partial charge on any atom is -0.353 e. The molecule has 0 spiro atoms. The normalized spacial score (nSPS) is 15.9. The molecule has 1 N–H and O–H groups in total. The lowest BCUT2D eigenvalue weighted by Crippen LogP contribution is -2.44. The van der Waals surface area contributed by atoms with Crippen molar-refractivity contribution in [2.45, 2.75) is 12.8 Å². The second-order valence-electron chi connectivity index (χ2n) is 7.26. The monoisotopic (exact) mass is 394 g/mol. The number of fused-ring (bicyclic) bond motifs is 2. The molecule has 0 bridgehead atoms. The molecule has 1 aliphatic rings. The Morgan fingerprint density at radius 1 is 1.10 bits per heavy atom. The third-order valence-corrected chi connectivity index (χ3v) is 5.52. The van der Waals surface area contributed by atoms with Crippen LogP contribution in [0.4, 0.5) is 14.6 Å². The van der Waals surface area contributed by atoms with Gasteiger partial charge in [-0.2, -0.15) is 0 Å². The van der Waals surface area contributed by atoms with Gasteiger partial charge in [-0.3, -0.25) is 4.98 Å². The zero-order chi connectivity index (χ0) is 20.0. The van der Waals surface area contributed by atoms with Gasteiger partial charge in [-0.05, 0) is 24.3 Å². The smallest absolute Gasteiger partial charge is 0.153 e. The van der Waals surface area contributed by atoms with Gasteiger partial charge in [0.05, 0.1) is 17.4 Å². The van der Waals surface area contributed by atoms with Gasteiger partial charge in [0.15, 0.2) is 5.65 Å². The van der Waals surface area contributed by atoms with Crippen molar-refractivity contribution in [3.05, 3.63) is 65.6 Å². The van der Waals surface area contributed by atoms with E-state index in [1.165, 1.54) is 12.3 Å². The van der Waals surface area contributed by atoms with Crippen molar-refractivity contribution < 1.29 is 8.78 Å². The van der Waals surface area contributed by atoms with Crippen LogP contribution in [0, 0.1) is 11.6 Å². The number of hydrogen-bond donors (Lipinski definition) is 1. The van der Waals surface area contributed by atoms with Gasteiger partial charge in [0.2, 0.25) is 0 Å². The Hall–Kier alpha value is -3.13. The van der Waals surface area contributed by atoms with E-state index < -0.39 is 17.6 Å². The van der Waals surface area contributed by atoms with Gasteiger partial charge in [-0.25, -0.2) is 18.3 Å². The van der Waals surface area contributed by atoms with E-state index in [0.717, 1.165) is 32.0 Å². The molecule has 4 heterocycles. The first kappa shape index (κ1) is 17.9. The summed E-state index contributed by atoms with van der Waals surface area (Å²) in [6.07, 6.45) is 3.16. The number of nitrogens with one attached hydrogen (secondary N) is 1. The summed E-state index contributed by atoms with van der Waals surface area (Å²) in [5.41, 5.74) is 1.59. The molecule has 29 heavy (non-hydrogen) atoms. The molecule has 0 amide bonds. The minimum atomic E-state index is -0.616. The van der Waals surface area contributed by atoms with Crippen LogP contribution < -0.4 is 10.2 Å². The molecule has 1 aromatic carbocycles. The van der Waals surface area contributed by atoms with Gasteiger partial charge in [-0.15, -0.1) is 5.10 Å². The summed E-state index contributed by atoms with van der Waals surface area (Å²) in [5.74, 6) is -0.947. The van der Waals surface area contributed by atoms with E-state index in [1.807, 2.05) is 12.1 Å². The van der Waals surface area contributed by atoms with Crippen LogP contribution in [-0.4, -0.2) is 45.8 Å². The second kappa shape index (κ2) is 7.04. The molecule has 1 saturated heterocycles. The molecular formula is C21H20F2N6. The zero-order valence-corrected chi connectivity index (χ0v) is 15.9. The van der Waals surface area contributed by atoms with Crippen molar-refractivity contribution in [1.29, 1.82) is 0 Å². The molecule has 1 fully saturated rings. The third-order valence-electron chi connectivity index (χ3n) is 5.52. The number of pyridine rings is 1. The van der Waals surface area contributed by atoms with Gasteiger partial charge < -0.3 is 10.2 Å². The summed E-state index contributed by atoms with van der Waals surface area (Å²) in [7, 11) is 0. The number of aromatic nitrogens is 4. The van der Waals surface area contributed by atoms with Crippen LogP contribution in [0.3, 0.4) is 0 Å². The zero-order valence-electron chi connectivity index (χ0n) is 15.9. The highest BCUT2D eigenvalue weighted by Crippen LogP contribution is 2.32. The first-order valence-electron chi connectivity index (χ1n) is 9.66. The first-order chi connectivity index (χ1) is 14.1. The van der Waals surface area contributed by atoms with E-state index >= 15 is 4.39 Å². The Kier molecular flexibility index (Phi) is 4.35. The highest BCUT2D eigenvalue weighted by Gasteiger charge is 2.24. The van der Waals surface area contributed by atoms with Gasteiger partial charge in [-0.1, -0.05) is 6.92 Å². The number of anilines is 1. The Morgan fingerprint density at radius 3 is 2.76 bits per heavy atom. The quantitative estimate of drug-likeness (QED) is 0.579. The van der Waals surface area contributed by atoms with E-state index in [9.17, 15) is 4.39 Å². The molecule has 0 radical (unpaired) electrons. The third kappa shape index (κ3) is 3.00. The SMILES string of the molecule is C[C@H](c1c(F)cc2ncccc2c1F)c1cnc2ccc(N3CCNCC3)nn12. The van der Waals surface area contributed by atoms with E-state index in [1.54, 1.807) is 29.8 Å². The maximum absolute atomic E-state index is 15.2. The van der Waals surface area contributed by atoms with Crippen LogP contribution in [0.1, 0.15) is 24.1 Å². The molecule has 6 nitrogen and oxygen atoms in total. The summed E-state index contributed by atoms with van der Waals surface area (Å²) in [5, 5.41) is 8.34. The number of nitrogens with zero attached hydrogens (tertiary/aromatic N) is 5. The molecule has 1 atom stereocenters. The molecule has 0 unspecified atom stereocenters. The highest BCUT2D eigenvalue weighted by atomic mass is 19.1. The molecule has 0 aliphatic carbocycles. The summed E-state index contributed by atoms with van der Waals surface area (Å²) < 4.78 is 31.7. The lowest BCUT2D eigenvalue weighted by molar-refractivity contribution is 0.550. The standard InChI is InChI=1S/C21H20F2N6/c1-13(20-15(22)11-16-14(21(20)23)3-2-6-25-16)17-12-26-18-4-5-19(27-29(17)18)28-9-7-24-8-10-28/h2-6,11-13,24H,7-10H2,1H3/t13-/m0/s1. The topological polar surface area (TPSA) is 58.4 Å². The van der Waals surface area contributed by atoms with Crippen molar-refractivity contribution in [3.63, 3.8) is 0 Å². The fourth-order valence-electron chi connectivity index (χ4n) is 3.95. The molecule has 1 aliphatic heterocycles. The van der Waals surface area contributed by atoms with Crippen LogP contribution >= 0.6 is 0 Å². The predicted octanol–water partition coefficient (Wildman–Crippen LogP) is 3.12. The van der Waals surface area contributed by atoms with E-state index in [0.29, 0.717) is 22.2 Å². The summed E-state index contributed by atoms with van der Waals surface area (Å²) >= 11 is 0. The Balaban J connectivity index is 1.61. The molecule has 4 aromatic rings. The summed E-state index contributed by atoms with van der Waals surface area (Å²) in [6.45, 7) is 5.28. The van der Waals surface area contributed by atoms with Crippen molar-refractivity contribution >= 4 is 22.4 Å². The molecule has 5 rings (SSSR count). The second-order valence-corrected chi connectivity index (χ2v) is 7.26. The van der Waals surface area contributed by atoms with E-state index in [4.69, 9.17) is 5.10 Å². The van der Waals surface area contributed by atoms with Crippen molar-refractivity contribution in [2.75, 3.05) is 31.1 Å². The van der Waals surface area contributed by atoms with Crippen molar-refractivity contribution in [2.24, 2.45) is 0 Å². The Morgan fingerprint density at radius 2 is 1.93 bits per heavy atom. The number of imidazole rings is 1. The first-order valence-corrected chi connectivity index (χ1v) is 9.66. The molecule has 8 heteroatoms. The van der Waals surface area contributed by atoms with Crippen LogP contribution in [0.25, 0.3) is 16.6 Å². The van der Waals surface area contributed by atoms with Crippen LogP contribution in [-0.2, 0) is 0 Å². The summed E-state index contributed by atoms with van der Waals surface area (Å²) in [4.78, 5) is 10.6. The van der Waals surface area contributed by atoms with Crippen molar-refractivity contribution in [1.82, 2.24) is 24.9 Å². The molecule has 3 aromatic heterocycles. The molecule has 0 saturated carbocycles. The predicted molar refractivity (Wildman–Crippen MR) is 107 cm³/mol. The van der Waals surface area contributed by atoms with Gasteiger partial charge in [0.1, 0.15) is 17.5 Å². The van der Waals surface area contributed by atoms with Crippen LogP contribution in [0.5, 0.6) is 0 Å². The number of benzene rings is 1. The van der Waals surface area contributed by atoms with Crippen LogP contribution in [0.15, 0.2) is 42.7 Å². The van der Waals surface area contributed by atoms with E-state index in [-0.39, 0.29) is 5.56 Å². The maximum Gasteiger partial charge on any atom is 0.153 e. The van der Waals surface area contributed by atoms with Crippen LogP contribution in [0.2, 0.25) is 0 Å². The van der Waals surface area contributed by atoms with E-state index in [2.05, 4.69) is 20.2 Å². The molecular weight excluding hydrogens is 374 g/mol. The lowest BCUT2D eigenvalue weighted by Gasteiger charge is -2.28. The Labute approximate surface area is 166 Å². The fraction of sp³-hybridized carbons (Fsp3) is 0.286. The highest BCUT2D eigenvalue weighted by molar-refractivity contribution is 5.80. The number of hydrogen-bond acceptors (Lipinski definition) is 5. The fourth-order valence-corrected chi connectivity index (χ4v) is 3.95. The largest absolute Gasteiger partial charge is 0.353 e. The summed E-state index contributed by atoms with van der Waals surface area (Å²) in [6, 6.07) is 8.37. The van der Waals surface area contributed by atoms with Crippen molar-refractivity contribution in [3.8, 4) is 0 Å². The van der Waals surface area contributed by atoms with Gasteiger partial charge >= 0.3 is 0 Å². The maximum atomic E-state index is 15.2. The number of halogens is 2. The minimum absolute atomic E-state index is 0.00155. The number of rotatable bonds is 3.